The molecule has 3 N–H and O–H groups in total. The van der Waals surface area contributed by atoms with Gasteiger partial charge in [0.1, 0.15) is 30.3 Å². The number of ether oxygens (including phenoxy) is 4. The molecule has 2 aliphatic rings. The van der Waals surface area contributed by atoms with Crippen LogP contribution in [0.5, 0.6) is 0 Å². The number of hydrogen-bond donors (Lipinski definition) is 3. The second-order valence-corrected chi connectivity index (χ2v) is 7.48. The van der Waals surface area contributed by atoms with Crippen LogP contribution in [0.4, 0.5) is 0 Å². The monoisotopic (exact) mass is 390 g/mol. The minimum absolute atomic E-state index is 0.151. The first-order chi connectivity index (χ1) is 12.8. The van der Waals surface area contributed by atoms with Gasteiger partial charge in [0, 0.05) is 6.42 Å². The number of hydrogen-bond acceptors (Lipinski definition) is 8. The molecular weight excluding hydrogens is 360 g/mol. The van der Waals surface area contributed by atoms with Crippen LogP contribution >= 0.6 is 0 Å². The highest BCUT2D eigenvalue weighted by Gasteiger charge is 2.50. The molecule has 0 aromatic carbocycles. The molecule has 2 aliphatic heterocycles. The van der Waals surface area contributed by atoms with Crippen molar-refractivity contribution in [1.29, 1.82) is 0 Å². The smallest absolute Gasteiger partial charge is 0.311 e. The highest BCUT2D eigenvalue weighted by Crippen LogP contribution is 2.30. The summed E-state index contributed by atoms with van der Waals surface area (Å²) < 4.78 is 21.9. The van der Waals surface area contributed by atoms with Crippen molar-refractivity contribution in [2.75, 3.05) is 19.8 Å². The van der Waals surface area contributed by atoms with Crippen LogP contribution in [-0.4, -0.2) is 77.8 Å². The molecule has 6 atom stereocenters. The van der Waals surface area contributed by atoms with Gasteiger partial charge in [0.2, 0.25) is 6.29 Å². The Labute approximate surface area is 158 Å². The molecular formula is C18H30O9. The van der Waals surface area contributed by atoms with E-state index in [2.05, 4.69) is 13.8 Å². The SMILES string of the molecule is CC(C)CCCCC(=O)O[C@@H]1O[C@H](CO)[C@H](O)[C@@H]2OC[C@H](C(=O)O)CO[C@@H]12. The lowest BCUT2D eigenvalue weighted by molar-refractivity contribution is -0.301. The largest absolute Gasteiger partial charge is 0.481 e. The number of aliphatic hydroxyl groups is 2. The normalized spacial score (nSPS) is 34.0. The summed E-state index contributed by atoms with van der Waals surface area (Å²) in [7, 11) is 0. The van der Waals surface area contributed by atoms with Crippen molar-refractivity contribution in [2.24, 2.45) is 11.8 Å². The number of aliphatic carboxylic acids is 1. The summed E-state index contributed by atoms with van der Waals surface area (Å²) in [5.74, 6) is -1.89. The molecule has 0 aromatic heterocycles. The van der Waals surface area contributed by atoms with E-state index in [1.807, 2.05) is 0 Å². The highest BCUT2D eigenvalue weighted by atomic mass is 16.7. The van der Waals surface area contributed by atoms with Crippen LogP contribution in [0, 0.1) is 11.8 Å². The fourth-order valence-corrected chi connectivity index (χ4v) is 3.16. The van der Waals surface area contributed by atoms with Gasteiger partial charge < -0.3 is 34.3 Å². The summed E-state index contributed by atoms with van der Waals surface area (Å²) in [5, 5.41) is 28.9. The molecule has 2 rings (SSSR count). The van der Waals surface area contributed by atoms with E-state index in [1.165, 1.54) is 0 Å². The van der Waals surface area contributed by atoms with Gasteiger partial charge in [0.25, 0.3) is 0 Å². The Morgan fingerprint density at radius 2 is 1.81 bits per heavy atom. The van der Waals surface area contributed by atoms with Crippen LogP contribution in [0.2, 0.25) is 0 Å². The zero-order chi connectivity index (χ0) is 20.0. The summed E-state index contributed by atoms with van der Waals surface area (Å²) in [6.07, 6.45) is -2.53. The third kappa shape index (κ3) is 6.11. The number of rotatable bonds is 8. The van der Waals surface area contributed by atoms with Crippen LogP contribution < -0.4 is 0 Å². The first-order valence-electron chi connectivity index (χ1n) is 9.43. The summed E-state index contributed by atoms with van der Waals surface area (Å²) >= 11 is 0. The Kier molecular flexibility index (Phi) is 8.43. The molecule has 27 heavy (non-hydrogen) atoms. The summed E-state index contributed by atoms with van der Waals surface area (Å²) in [4.78, 5) is 23.3. The van der Waals surface area contributed by atoms with Crippen molar-refractivity contribution in [1.82, 2.24) is 0 Å². The number of esters is 1. The van der Waals surface area contributed by atoms with E-state index in [4.69, 9.17) is 24.1 Å². The van der Waals surface area contributed by atoms with E-state index >= 15 is 0 Å². The number of carboxylic acids is 1. The average Bonchev–Trinajstić information content (AvgIpc) is 2.84. The maximum Gasteiger partial charge on any atom is 0.311 e. The quantitative estimate of drug-likeness (QED) is 0.396. The van der Waals surface area contributed by atoms with E-state index in [0.717, 1.165) is 12.8 Å². The van der Waals surface area contributed by atoms with Gasteiger partial charge in [-0.2, -0.15) is 0 Å². The standard InChI is InChI=1S/C18H30O9/c1-10(2)5-3-4-6-13(20)27-18-16-15(14(21)12(7-19)26-18)24-8-11(9-25-16)17(22)23/h10-12,14-16,18-19,21H,3-9H2,1-2H3,(H,22,23)/t11-,12+,14-,15-,16+,18-/m0/s1. The van der Waals surface area contributed by atoms with Gasteiger partial charge in [-0.05, 0) is 12.3 Å². The Morgan fingerprint density at radius 1 is 1.15 bits per heavy atom. The molecule has 0 aromatic rings. The predicted octanol–water partition coefficient (Wildman–Crippen LogP) is 0.309. The second kappa shape index (κ2) is 10.3. The van der Waals surface area contributed by atoms with E-state index < -0.39 is 55.2 Å². The van der Waals surface area contributed by atoms with Gasteiger partial charge in [-0.15, -0.1) is 0 Å². The van der Waals surface area contributed by atoms with E-state index in [9.17, 15) is 19.8 Å². The Hall–Kier alpha value is -1.26. The van der Waals surface area contributed by atoms with E-state index in [1.54, 1.807) is 0 Å². The van der Waals surface area contributed by atoms with Crippen molar-refractivity contribution >= 4 is 11.9 Å². The van der Waals surface area contributed by atoms with Crippen LogP contribution in [0.25, 0.3) is 0 Å². The topological polar surface area (TPSA) is 132 Å². The summed E-state index contributed by atoms with van der Waals surface area (Å²) in [6, 6.07) is 0. The van der Waals surface area contributed by atoms with Crippen molar-refractivity contribution in [3.8, 4) is 0 Å². The lowest BCUT2D eigenvalue weighted by Crippen LogP contribution is -2.60. The lowest BCUT2D eigenvalue weighted by Gasteiger charge is -2.42. The number of fused-ring (bicyclic) bond motifs is 1. The third-order valence-electron chi connectivity index (χ3n) is 4.79. The summed E-state index contributed by atoms with van der Waals surface area (Å²) in [6.45, 7) is 3.42. The molecule has 0 spiro atoms. The highest BCUT2D eigenvalue weighted by molar-refractivity contribution is 5.70. The number of unbranched alkanes of at least 4 members (excludes halogenated alkanes) is 1. The van der Waals surface area contributed by atoms with Crippen LogP contribution in [0.3, 0.4) is 0 Å². The van der Waals surface area contributed by atoms with Crippen molar-refractivity contribution in [2.45, 2.75) is 70.2 Å². The van der Waals surface area contributed by atoms with Crippen molar-refractivity contribution in [3.05, 3.63) is 0 Å². The number of carbonyl (C=O) groups is 2. The molecule has 2 saturated heterocycles. The molecule has 9 nitrogen and oxygen atoms in total. The zero-order valence-electron chi connectivity index (χ0n) is 15.8. The zero-order valence-corrected chi connectivity index (χ0v) is 15.8. The second-order valence-electron chi connectivity index (χ2n) is 7.48. The third-order valence-corrected chi connectivity index (χ3v) is 4.79. The average molecular weight is 390 g/mol. The molecule has 0 bridgehead atoms. The Bertz CT molecular complexity index is 495. The van der Waals surface area contributed by atoms with Crippen molar-refractivity contribution < 1.29 is 43.9 Å². The molecule has 9 heteroatoms. The minimum atomic E-state index is -1.23. The Balaban J connectivity index is 1.98. The van der Waals surface area contributed by atoms with Gasteiger partial charge in [0.05, 0.1) is 19.8 Å². The van der Waals surface area contributed by atoms with Gasteiger partial charge in [-0.1, -0.05) is 26.7 Å². The van der Waals surface area contributed by atoms with Crippen molar-refractivity contribution in [3.63, 3.8) is 0 Å². The molecule has 0 radical (unpaired) electrons. The number of carbonyl (C=O) groups excluding carboxylic acids is 1. The number of carboxylic acid groups (broad SMARTS) is 1. The van der Waals surface area contributed by atoms with E-state index in [-0.39, 0.29) is 19.6 Å². The summed E-state index contributed by atoms with van der Waals surface area (Å²) in [5.41, 5.74) is 0. The van der Waals surface area contributed by atoms with E-state index in [0.29, 0.717) is 12.3 Å². The molecule has 0 saturated carbocycles. The van der Waals surface area contributed by atoms with Crippen LogP contribution in [0.1, 0.15) is 39.5 Å². The molecule has 2 fully saturated rings. The molecule has 156 valence electrons. The first-order valence-corrected chi connectivity index (χ1v) is 9.43. The molecule has 0 aliphatic carbocycles. The van der Waals surface area contributed by atoms with Gasteiger partial charge in [0.15, 0.2) is 0 Å². The Morgan fingerprint density at radius 3 is 2.41 bits per heavy atom. The minimum Gasteiger partial charge on any atom is -0.481 e. The number of aliphatic hydroxyl groups excluding tert-OH is 2. The van der Waals surface area contributed by atoms with Gasteiger partial charge in [-0.3, -0.25) is 9.59 Å². The molecule has 2 heterocycles. The predicted molar refractivity (Wildman–Crippen MR) is 91.8 cm³/mol. The maximum atomic E-state index is 12.1. The fourth-order valence-electron chi connectivity index (χ4n) is 3.16. The first kappa shape index (κ1) is 22.0. The molecule has 0 unspecified atom stereocenters. The van der Waals surface area contributed by atoms with Gasteiger partial charge >= 0.3 is 11.9 Å². The maximum absolute atomic E-state index is 12.1. The molecule has 0 amide bonds. The fraction of sp³-hybridized carbons (Fsp3) is 0.889. The lowest BCUT2D eigenvalue weighted by atomic mass is 9.99. The van der Waals surface area contributed by atoms with Gasteiger partial charge in [-0.25, -0.2) is 0 Å². The van der Waals surface area contributed by atoms with Crippen LogP contribution in [-0.2, 0) is 28.5 Å². The van der Waals surface area contributed by atoms with Crippen LogP contribution in [0.15, 0.2) is 0 Å².